The Morgan fingerprint density at radius 2 is 2.04 bits per heavy atom. The molecule has 0 saturated heterocycles. The molecule has 0 bridgehead atoms. The second-order valence-corrected chi connectivity index (χ2v) is 7.23. The largest absolute Gasteiger partial charge is 0.361 e. The average molecular weight is 311 g/mol. The van der Waals surface area contributed by atoms with E-state index < -0.39 is 0 Å². The molecule has 0 aromatic carbocycles. The smallest absolute Gasteiger partial charge is 0.134 e. The molecular formula is C18H25N5. The van der Waals surface area contributed by atoms with Gasteiger partial charge in [0.15, 0.2) is 0 Å². The number of hydrogen-bond donors (Lipinski definition) is 1. The molecule has 1 atom stereocenters. The predicted octanol–water partition coefficient (Wildman–Crippen LogP) is 3.93. The van der Waals surface area contributed by atoms with Gasteiger partial charge in [-0.15, -0.1) is 0 Å². The maximum Gasteiger partial charge on any atom is 0.134 e. The van der Waals surface area contributed by atoms with E-state index in [-0.39, 0.29) is 6.04 Å². The monoisotopic (exact) mass is 311 g/mol. The SMILES string of the molecule is Cc1cc(NC2CCCc3cn(C(C)C)nc32)nc(C2CC2)n1. The van der Waals surface area contributed by atoms with Crippen molar-refractivity contribution in [1.29, 1.82) is 0 Å². The normalized spacial score (nSPS) is 20.6. The number of aromatic nitrogens is 4. The average Bonchev–Trinajstić information content (AvgIpc) is 3.25. The molecule has 1 fully saturated rings. The molecule has 2 aromatic rings. The molecule has 122 valence electrons. The maximum atomic E-state index is 4.83. The maximum absolute atomic E-state index is 4.83. The second-order valence-electron chi connectivity index (χ2n) is 7.23. The van der Waals surface area contributed by atoms with E-state index in [0.29, 0.717) is 12.0 Å². The zero-order valence-electron chi connectivity index (χ0n) is 14.2. The molecule has 0 radical (unpaired) electrons. The number of hydrogen-bond acceptors (Lipinski definition) is 4. The first kappa shape index (κ1) is 14.7. The number of fused-ring (bicyclic) bond motifs is 1. The lowest BCUT2D eigenvalue weighted by molar-refractivity contribution is 0.515. The lowest BCUT2D eigenvalue weighted by Crippen LogP contribution is -2.18. The van der Waals surface area contributed by atoms with Crippen LogP contribution in [-0.2, 0) is 6.42 Å². The highest BCUT2D eigenvalue weighted by Crippen LogP contribution is 2.39. The van der Waals surface area contributed by atoms with Crippen molar-refractivity contribution in [2.75, 3.05) is 5.32 Å². The second kappa shape index (κ2) is 5.62. The fourth-order valence-corrected chi connectivity index (χ4v) is 3.34. The van der Waals surface area contributed by atoms with Crippen LogP contribution in [0.2, 0.25) is 0 Å². The van der Waals surface area contributed by atoms with Crippen LogP contribution in [0.4, 0.5) is 5.82 Å². The van der Waals surface area contributed by atoms with Gasteiger partial charge in [-0.25, -0.2) is 9.97 Å². The Bertz CT molecular complexity index is 714. The van der Waals surface area contributed by atoms with Gasteiger partial charge in [0.25, 0.3) is 0 Å². The van der Waals surface area contributed by atoms with Crippen molar-refractivity contribution in [1.82, 2.24) is 19.7 Å². The van der Waals surface area contributed by atoms with Crippen LogP contribution in [0.3, 0.4) is 0 Å². The molecule has 1 saturated carbocycles. The van der Waals surface area contributed by atoms with Crippen LogP contribution in [0.15, 0.2) is 12.3 Å². The molecule has 0 aliphatic heterocycles. The Morgan fingerprint density at radius 1 is 1.22 bits per heavy atom. The van der Waals surface area contributed by atoms with E-state index in [4.69, 9.17) is 10.1 Å². The third kappa shape index (κ3) is 2.96. The summed E-state index contributed by atoms with van der Waals surface area (Å²) in [5, 5.41) is 8.46. The standard InChI is InChI=1S/C18H25N5/c1-11(2)23-10-14-5-4-6-15(17(14)22-23)20-16-9-12(3)19-18(21-16)13-7-8-13/h9-11,13,15H,4-8H2,1-3H3,(H,19,20,21). The van der Waals surface area contributed by atoms with Gasteiger partial charge in [-0.3, -0.25) is 4.68 Å². The van der Waals surface area contributed by atoms with E-state index in [1.165, 1.54) is 30.5 Å². The Labute approximate surface area is 137 Å². The summed E-state index contributed by atoms with van der Waals surface area (Å²) in [5.41, 5.74) is 3.64. The fraction of sp³-hybridized carbons (Fsp3) is 0.611. The molecule has 1 N–H and O–H groups in total. The molecule has 5 heteroatoms. The van der Waals surface area contributed by atoms with Gasteiger partial charge in [0.1, 0.15) is 11.6 Å². The molecule has 4 rings (SSSR count). The van der Waals surface area contributed by atoms with Gasteiger partial charge in [0, 0.05) is 29.9 Å². The van der Waals surface area contributed by atoms with Crippen molar-refractivity contribution in [2.24, 2.45) is 0 Å². The highest BCUT2D eigenvalue weighted by atomic mass is 15.3. The summed E-state index contributed by atoms with van der Waals surface area (Å²) < 4.78 is 2.09. The fourth-order valence-electron chi connectivity index (χ4n) is 3.34. The first-order valence-electron chi connectivity index (χ1n) is 8.80. The Hall–Kier alpha value is -1.91. The first-order chi connectivity index (χ1) is 11.1. The molecular weight excluding hydrogens is 286 g/mol. The van der Waals surface area contributed by atoms with Crippen molar-refractivity contribution in [3.8, 4) is 0 Å². The van der Waals surface area contributed by atoms with Crippen molar-refractivity contribution < 1.29 is 0 Å². The molecule has 2 aromatic heterocycles. The van der Waals surface area contributed by atoms with Crippen molar-refractivity contribution in [2.45, 2.75) is 70.9 Å². The molecule has 2 heterocycles. The van der Waals surface area contributed by atoms with Crippen LogP contribution in [-0.4, -0.2) is 19.7 Å². The van der Waals surface area contributed by atoms with Crippen molar-refractivity contribution in [3.05, 3.63) is 35.0 Å². The van der Waals surface area contributed by atoms with Gasteiger partial charge in [-0.2, -0.15) is 5.10 Å². The minimum atomic E-state index is 0.264. The summed E-state index contributed by atoms with van der Waals surface area (Å²) in [6.07, 6.45) is 8.13. The minimum absolute atomic E-state index is 0.264. The highest BCUT2D eigenvalue weighted by Gasteiger charge is 2.28. The van der Waals surface area contributed by atoms with E-state index in [2.05, 4.69) is 48.0 Å². The summed E-state index contributed by atoms with van der Waals surface area (Å²) in [6.45, 7) is 6.41. The Morgan fingerprint density at radius 3 is 2.78 bits per heavy atom. The first-order valence-corrected chi connectivity index (χ1v) is 8.80. The zero-order chi connectivity index (χ0) is 16.0. The van der Waals surface area contributed by atoms with Gasteiger partial charge in [0.2, 0.25) is 0 Å². The molecule has 2 aliphatic carbocycles. The van der Waals surface area contributed by atoms with Gasteiger partial charge in [-0.1, -0.05) is 0 Å². The molecule has 1 unspecified atom stereocenters. The molecule has 5 nitrogen and oxygen atoms in total. The number of rotatable bonds is 4. The Balaban J connectivity index is 1.60. The van der Waals surface area contributed by atoms with Crippen LogP contribution in [0, 0.1) is 6.92 Å². The van der Waals surface area contributed by atoms with Crippen LogP contribution in [0.25, 0.3) is 0 Å². The highest BCUT2D eigenvalue weighted by molar-refractivity contribution is 5.41. The number of nitrogens with one attached hydrogen (secondary N) is 1. The van der Waals surface area contributed by atoms with Crippen LogP contribution < -0.4 is 5.32 Å². The van der Waals surface area contributed by atoms with Crippen LogP contribution in [0.1, 0.15) is 80.3 Å². The van der Waals surface area contributed by atoms with Gasteiger partial charge in [-0.05, 0) is 58.4 Å². The minimum Gasteiger partial charge on any atom is -0.361 e. The lowest BCUT2D eigenvalue weighted by Gasteiger charge is -2.23. The van der Waals surface area contributed by atoms with Gasteiger partial charge in [0.05, 0.1) is 11.7 Å². The number of nitrogens with zero attached hydrogens (tertiary/aromatic N) is 4. The zero-order valence-corrected chi connectivity index (χ0v) is 14.2. The molecule has 2 aliphatic rings. The van der Waals surface area contributed by atoms with E-state index in [0.717, 1.165) is 30.2 Å². The third-order valence-electron chi connectivity index (χ3n) is 4.77. The van der Waals surface area contributed by atoms with E-state index in [9.17, 15) is 0 Å². The molecule has 23 heavy (non-hydrogen) atoms. The number of aryl methyl sites for hydroxylation is 2. The quantitative estimate of drug-likeness (QED) is 0.929. The lowest BCUT2D eigenvalue weighted by atomic mass is 9.94. The van der Waals surface area contributed by atoms with Crippen molar-refractivity contribution >= 4 is 5.82 Å². The van der Waals surface area contributed by atoms with Crippen LogP contribution >= 0.6 is 0 Å². The van der Waals surface area contributed by atoms with Crippen molar-refractivity contribution in [3.63, 3.8) is 0 Å². The topological polar surface area (TPSA) is 55.6 Å². The van der Waals surface area contributed by atoms with Gasteiger partial charge >= 0.3 is 0 Å². The molecule has 0 spiro atoms. The summed E-state index contributed by atoms with van der Waals surface area (Å²) in [5.74, 6) is 2.55. The van der Waals surface area contributed by atoms with Gasteiger partial charge < -0.3 is 5.32 Å². The van der Waals surface area contributed by atoms with E-state index in [1.54, 1.807) is 0 Å². The summed E-state index contributed by atoms with van der Waals surface area (Å²) in [4.78, 5) is 9.34. The summed E-state index contributed by atoms with van der Waals surface area (Å²) >= 11 is 0. The summed E-state index contributed by atoms with van der Waals surface area (Å²) in [7, 11) is 0. The third-order valence-corrected chi connectivity index (χ3v) is 4.77. The predicted molar refractivity (Wildman–Crippen MR) is 90.7 cm³/mol. The Kier molecular flexibility index (Phi) is 3.58. The van der Waals surface area contributed by atoms with E-state index >= 15 is 0 Å². The number of anilines is 1. The van der Waals surface area contributed by atoms with Crippen LogP contribution in [0.5, 0.6) is 0 Å². The molecule has 0 amide bonds. The van der Waals surface area contributed by atoms with E-state index in [1.807, 2.05) is 0 Å². The summed E-state index contributed by atoms with van der Waals surface area (Å²) in [6, 6.07) is 2.73.